The number of aliphatic hydroxyl groups excluding tert-OH is 1. The maximum Gasteiger partial charge on any atom is 0.472 e. The summed E-state index contributed by atoms with van der Waals surface area (Å²) in [5.41, 5.74) is 0. The smallest absolute Gasteiger partial charge is 0.462 e. The van der Waals surface area contributed by atoms with Crippen molar-refractivity contribution in [3.8, 4) is 0 Å². The molecule has 0 rings (SSSR count). The van der Waals surface area contributed by atoms with Crippen LogP contribution in [0, 0.1) is 23.7 Å². The van der Waals surface area contributed by atoms with Crippen molar-refractivity contribution in [2.45, 2.75) is 401 Å². The molecule has 7 atom stereocenters. The number of hydrogen-bond acceptors (Lipinski definition) is 15. The number of phosphoric acid groups is 2. The summed E-state index contributed by atoms with van der Waals surface area (Å²) >= 11 is 0. The number of esters is 4. The first-order valence-corrected chi connectivity index (χ1v) is 42.3. The number of phosphoric ester groups is 2. The minimum Gasteiger partial charge on any atom is -0.462 e. The molecule has 19 heteroatoms. The molecule has 0 spiro atoms. The summed E-state index contributed by atoms with van der Waals surface area (Å²) < 4.78 is 68.5. The van der Waals surface area contributed by atoms with Crippen LogP contribution in [-0.4, -0.2) is 96.7 Å². The molecule has 0 heterocycles. The Morgan fingerprint density at radius 3 is 0.747 bits per heavy atom. The van der Waals surface area contributed by atoms with Crippen LogP contribution < -0.4 is 0 Å². The molecule has 0 aromatic heterocycles. The molecule has 0 aromatic carbocycles. The van der Waals surface area contributed by atoms with Crippen molar-refractivity contribution in [3.63, 3.8) is 0 Å². The fourth-order valence-corrected chi connectivity index (χ4v) is 13.1. The molecule has 0 fully saturated rings. The number of aliphatic hydroxyl groups is 1. The molecule has 95 heavy (non-hydrogen) atoms. The van der Waals surface area contributed by atoms with Gasteiger partial charge in [-0.1, -0.05) is 331 Å². The van der Waals surface area contributed by atoms with Gasteiger partial charge in [0.25, 0.3) is 0 Å². The molecule has 0 saturated carbocycles. The second-order valence-corrected chi connectivity index (χ2v) is 31.7. The molecule has 0 bridgehead atoms. The number of hydrogen-bond donors (Lipinski definition) is 3. The number of ether oxygens (including phenoxy) is 4. The maximum absolute atomic E-state index is 13.1. The van der Waals surface area contributed by atoms with E-state index in [1.807, 2.05) is 0 Å². The van der Waals surface area contributed by atoms with E-state index in [0.717, 1.165) is 114 Å². The molecular weight excluding hydrogens is 1250 g/mol. The van der Waals surface area contributed by atoms with E-state index in [0.29, 0.717) is 31.6 Å². The van der Waals surface area contributed by atoms with Gasteiger partial charge in [0.2, 0.25) is 0 Å². The highest BCUT2D eigenvalue weighted by molar-refractivity contribution is 7.47. The van der Waals surface area contributed by atoms with E-state index in [4.69, 9.17) is 37.0 Å². The van der Waals surface area contributed by atoms with Crippen LogP contribution in [0.5, 0.6) is 0 Å². The molecule has 0 amide bonds. The molecular formula is C76H148O17P2. The van der Waals surface area contributed by atoms with E-state index in [9.17, 15) is 43.2 Å². The molecule has 564 valence electrons. The topological polar surface area (TPSA) is 237 Å². The second kappa shape index (κ2) is 65.4. The highest BCUT2D eigenvalue weighted by atomic mass is 31.2. The van der Waals surface area contributed by atoms with Crippen LogP contribution in [0.3, 0.4) is 0 Å². The Balaban J connectivity index is 5.26. The van der Waals surface area contributed by atoms with Gasteiger partial charge in [-0.05, 0) is 49.4 Å². The minimum absolute atomic E-state index is 0.105. The van der Waals surface area contributed by atoms with E-state index in [-0.39, 0.29) is 25.7 Å². The monoisotopic (exact) mass is 1400 g/mol. The zero-order chi connectivity index (χ0) is 70.3. The third-order valence-corrected chi connectivity index (χ3v) is 20.2. The van der Waals surface area contributed by atoms with Gasteiger partial charge in [0.05, 0.1) is 26.4 Å². The van der Waals surface area contributed by atoms with Crippen LogP contribution in [0.4, 0.5) is 0 Å². The Morgan fingerprint density at radius 1 is 0.295 bits per heavy atom. The summed E-state index contributed by atoms with van der Waals surface area (Å²) in [6.45, 7) is 14.2. The lowest BCUT2D eigenvalue weighted by atomic mass is 9.99. The van der Waals surface area contributed by atoms with Gasteiger partial charge in [-0.3, -0.25) is 37.3 Å². The normalized spacial score (nSPS) is 14.7. The third-order valence-electron chi connectivity index (χ3n) is 18.3. The fraction of sp³-hybridized carbons (Fsp3) is 0.947. The van der Waals surface area contributed by atoms with Crippen LogP contribution in [0.25, 0.3) is 0 Å². The van der Waals surface area contributed by atoms with Crippen molar-refractivity contribution in [1.29, 1.82) is 0 Å². The van der Waals surface area contributed by atoms with Gasteiger partial charge in [0, 0.05) is 25.7 Å². The lowest BCUT2D eigenvalue weighted by Crippen LogP contribution is -2.30. The Labute approximate surface area is 581 Å². The minimum atomic E-state index is -4.96. The predicted molar refractivity (Wildman–Crippen MR) is 386 cm³/mol. The quantitative estimate of drug-likeness (QED) is 0.0222. The van der Waals surface area contributed by atoms with E-state index in [1.165, 1.54) is 180 Å². The van der Waals surface area contributed by atoms with Gasteiger partial charge in [-0.25, -0.2) is 9.13 Å². The number of rotatable bonds is 73. The molecule has 0 aliphatic rings. The lowest BCUT2D eigenvalue weighted by Gasteiger charge is -2.21. The van der Waals surface area contributed by atoms with Gasteiger partial charge < -0.3 is 33.8 Å². The van der Waals surface area contributed by atoms with Gasteiger partial charge in [0.1, 0.15) is 19.3 Å². The fourth-order valence-electron chi connectivity index (χ4n) is 11.5. The molecule has 5 unspecified atom stereocenters. The van der Waals surface area contributed by atoms with Crippen LogP contribution in [-0.2, 0) is 65.4 Å². The molecule has 0 saturated heterocycles. The van der Waals surface area contributed by atoms with Gasteiger partial charge in [-0.15, -0.1) is 0 Å². The average Bonchev–Trinajstić information content (AvgIpc) is 1.75. The van der Waals surface area contributed by atoms with E-state index >= 15 is 0 Å². The van der Waals surface area contributed by atoms with Crippen LogP contribution in [0.1, 0.15) is 383 Å². The van der Waals surface area contributed by atoms with E-state index in [2.05, 4.69) is 55.4 Å². The van der Waals surface area contributed by atoms with Crippen LogP contribution in [0.15, 0.2) is 0 Å². The maximum atomic E-state index is 13.1. The molecule has 0 aliphatic carbocycles. The summed E-state index contributed by atoms with van der Waals surface area (Å²) in [6, 6.07) is 0. The molecule has 0 aliphatic heterocycles. The largest absolute Gasteiger partial charge is 0.472 e. The molecule has 17 nitrogen and oxygen atoms in total. The zero-order valence-electron chi connectivity index (χ0n) is 62.3. The standard InChI is InChI=1S/C76H148O17P2/c1-9-68(7)54-46-38-30-22-17-19-25-33-42-50-58-75(80)92-71(62-86-73(78)56-48-40-32-24-16-14-12-11-13-15-21-28-36-44-52-66(3)4)64-90-94(82,83)88-60-70(77)61-89-95(84,85)91-65-72(63-87-74(79)57-49-41-35-27-29-37-45-53-67(5)6)93-76(81)59-51-43-34-26-20-18-23-31-39-47-55-69(8)10-2/h66-72,77H,9-65H2,1-8H3,(H,82,83)(H,84,85)/t68?,69?,70?,71-,72-/m1/s1. The van der Waals surface area contributed by atoms with Crippen molar-refractivity contribution in [1.82, 2.24) is 0 Å². The second-order valence-electron chi connectivity index (χ2n) is 28.8. The first-order chi connectivity index (χ1) is 45.7. The highest BCUT2D eigenvalue weighted by Gasteiger charge is 2.30. The van der Waals surface area contributed by atoms with Gasteiger partial charge >= 0.3 is 39.5 Å². The Bertz CT molecular complexity index is 1870. The summed E-state index contributed by atoms with van der Waals surface area (Å²) in [6.07, 6.45) is 49.8. The zero-order valence-corrected chi connectivity index (χ0v) is 64.1. The van der Waals surface area contributed by atoms with Crippen molar-refractivity contribution in [2.24, 2.45) is 23.7 Å². The average molecular weight is 1400 g/mol. The Hall–Kier alpha value is -1.94. The summed E-state index contributed by atoms with van der Waals surface area (Å²) in [5, 5.41) is 10.6. The van der Waals surface area contributed by atoms with Crippen molar-refractivity contribution in [2.75, 3.05) is 39.6 Å². The van der Waals surface area contributed by atoms with E-state index in [1.54, 1.807) is 0 Å². The highest BCUT2D eigenvalue weighted by Crippen LogP contribution is 2.45. The molecule has 0 aromatic rings. The Kier molecular flexibility index (Phi) is 64.0. The van der Waals surface area contributed by atoms with Crippen molar-refractivity contribution >= 4 is 39.5 Å². The summed E-state index contributed by atoms with van der Waals surface area (Å²) in [5.74, 6) is 0.989. The lowest BCUT2D eigenvalue weighted by molar-refractivity contribution is -0.161. The van der Waals surface area contributed by atoms with Gasteiger partial charge in [0.15, 0.2) is 12.2 Å². The summed E-state index contributed by atoms with van der Waals surface area (Å²) in [4.78, 5) is 72.8. The van der Waals surface area contributed by atoms with Crippen molar-refractivity contribution in [3.05, 3.63) is 0 Å². The molecule has 3 N–H and O–H groups in total. The van der Waals surface area contributed by atoms with Crippen molar-refractivity contribution < 1.29 is 80.2 Å². The Morgan fingerprint density at radius 2 is 0.505 bits per heavy atom. The SMILES string of the molecule is CCC(C)CCCCCCCCCCCCC(=O)O[C@H](COC(=O)CCCCCCCCCCCCCCCCC(C)C)COP(=O)(O)OCC(O)COP(=O)(O)OC[C@@H](COC(=O)CCCCCCCCCC(C)C)OC(=O)CCCCCCCCCCCCC(C)CC. The summed E-state index contributed by atoms with van der Waals surface area (Å²) in [7, 11) is -9.91. The predicted octanol–water partition coefficient (Wildman–Crippen LogP) is 22.0. The van der Waals surface area contributed by atoms with E-state index < -0.39 is 97.5 Å². The van der Waals surface area contributed by atoms with Crippen LogP contribution in [0.2, 0.25) is 0 Å². The third kappa shape index (κ3) is 67.6. The first-order valence-electron chi connectivity index (χ1n) is 39.3. The number of unbranched alkanes of at least 4 members (excludes halogenated alkanes) is 37. The van der Waals surface area contributed by atoms with Gasteiger partial charge in [-0.2, -0.15) is 0 Å². The van der Waals surface area contributed by atoms with Crippen LogP contribution >= 0.6 is 15.6 Å². The molecule has 0 radical (unpaired) electrons. The first kappa shape index (κ1) is 93.1. The number of carbonyl (C=O) groups excluding carboxylic acids is 4. The number of carbonyl (C=O) groups is 4.